The van der Waals surface area contributed by atoms with E-state index in [1.165, 1.54) is 0 Å². The highest BCUT2D eigenvalue weighted by atomic mass is 16.5. The van der Waals surface area contributed by atoms with Crippen molar-refractivity contribution in [3.63, 3.8) is 0 Å². The van der Waals surface area contributed by atoms with Crippen molar-refractivity contribution in [2.24, 2.45) is 0 Å². The molecule has 0 radical (unpaired) electrons. The van der Waals surface area contributed by atoms with Crippen molar-refractivity contribution in [2.45, 2.75) is 44.8 Å². The lowest BCUT2D eigenvalue weighted by molar-refractivity contribution is -0.122. The molecule has 100 valence electrons. The number of unbranched alkanes of at least 4 members (excludes halogenated alkanes) is 1. The maximum Gasteiger partial charge on any atom is 0.220 e. The largest absolute Gasteiger partial charge is 0.389 e. The van der Waals surface area contributed by atoms with Gasteiger partial charge >= 0.3 is 0 Å². The molecule has 2 unspecified atom stereocenters. The van der Waals surface area contributed by atoms with Gasteiger partial charge in [0, 0.05) is 32.2 Å². The Morgan fingerprint density at radius 2 is 2.47 bits per heavy atom. The van der Waals surface area contributed by atoms with Crippen molar-refractivity contribution in [3.8, 4) is 0 Å². The van der Waals surface area contributed by atoms with E-state index in [0.29, 0.717) is 32.7 Å². The Labute approximate surface area is 103 Å². The molecule has 1 aliphatic rings. The normalized spacial score (nSPS) is 22.2. The Kier molecular flexibility index (Phi) is 7.16. The van der Waals surface area contributed by atoms with Crippen LogP contribution in [0.2, 0.25) is 0 Å². The molecule has 1 aliphatic heterocycles. The average molecular weight is 244 g/mol. The Morgan fingerprint density at radius 3 is 3.12 bits per heavy atom. The van der Waals surface area contributed by atoms with Gasteiger partial charge in [0.05, 0.1) is 12.7 Å². The molecule has 5 nitrogen and oxygen atoms in total. The van der Waals surface area contributed by atoms with Crippen LogP contribution in [0.4, 0.5) is 0 Å². The molecule has 1 rings (SSSR count). The van der Waals surface area contributed by atoms with Gasteiger partial charge in [0.15, 0.2) is 0 Å². The summed E-state index contributed by atoms with van der Waals surface area (Å²) < 4.78 is 5.33. The molecule has 0 aromatic heterocycles. The summed E-state index contributed by atoms with van der Waals surface area (Å²) in [5, 5.41) is 15.7. The molecular weight excluding hydrogens is 220 g/mol. The molecule has 1 heterocycles. The molecule has 5 heteroatoms. The van der Waals surface area contributed by atoms with E-state index >= 15 is 0 Å². The Bertz CT molecular complexity index is 214. The summed E-state index contributed by atoms with van der Waals surface area (Å²) in [6, 6.07) is 0.276. The van der Waals surface area contributed by atoms with Crippen molar-refractivity contribution >= 4 is 5.91 Å². The number of hydrogen-bond donors (Lipinski definition) is 3. The summed E-state index contributed by atoms with van der Waals surface area (Å²) in [4.78, 5) is 10.9. The second-order valence-corrected chi connectivity index (χ2v) is 4.53. The van der Waals surface area contributed by atoms with Crippen LogP contribution in [0, 0.1) is 0 Å². The molecule has 1 fully saturated rings. The maximum absolute atomic E-state index is 10.9. The minimum absolute atomic E-state index is 0.117. The van der Waals surface area contributed by atoms with Crippen molar-refractivity contribution in [3.05, 3.63) is 0 Å². The van der Waals surface area contributed by atoms with Crippen LogP contribution in [0.15, 0.2) is 0 Å². The highest BCUT2D eigenvalue weighted by Crippen LogP contribution is 2.02. The molecule has 0 aromatic carbocycles. The molecule has 1 saturated heterocycles. The number of piperidine rings is 1. The van der Waals surface area contributed by atoms with Gasteiger partial charge in [0.25, 0.3) is 0 Å². The molecule has 0 bridgehead atoms. The fraction of sp³-hybridized carbons (Fsp3) is 0.917. The molecule has 0 spiro atoms. The van der Waals surface area contributed by atoms with Gasteiger partial charge < -0.3 is 20.5 Å². The zero-order valence-corrected chi connectivity index (χ0v) is 10.6. The van der Waals surface area contributed by atoms with Crippen LogP contribution >= 0.6 is 0 Å². The number of amides is 1. The minimum Gasteiger partial charge on any atom is -0.389 e. The van der Waals surface area contributed by atoms with E-state index in [1.54, 1.807) is 0 Å². The van der Waals surface area contributed by atoms with E-state index in [9.17, 15) is 9.90 Å². The summed E-state index contributed by atoms with van der Waals surface area (Å²) in [5.74, 6) is 0.117. The first-order valence-corrected chi connectivity index (χ1v) is 6.48. The van der Waals surface area contributed by atoms with E-state index < -0.39 is 6.10 Å². The van der Waals surface area contributed by atoms with E-state index in [0.717, 1.165) is 19.3 Å². The van der Waals surface area contributed by atoms with Crippen LogP contribution in [-0.4, -0.2) is 49.5 Å². The molecule has 2 atom stereocenters. The third-order valence-corrected chi connectivity index (χ3v) is 2.86. The summed E-state index contributed by atoms with van der Waals surface area (Å²) in [7, 11) is 0. The minimum atomic E-state index is -0.468. The molecule has 17 heavy (non-hydrogen) atoms. The number of rotatable bonds is 8. The third-order valence-electron chi connectivity index (χ3n) is 2.86. The van der Waals surface area contributed by atoms with Gasteiger partial charge in [0.1, 0.15) is 0 Å². The maximum atomic E-state index is 10.9. The van der Waals surface area contributed by atoms with Gasteiger partial charge in [-0.1, -0.05) is 13.3 Å². The quantitative estimate of drug-likeness (QED) is 0.527. The fourth-order valence-corrected chi connectivity index (χ4v) is 1.73. The number of ether oxygens (including phenoxy) is 1. The van der Waals surface area contributed by atoms with Gasteiger partial charge in [-0.3, -0.25) is 4.79 Å². The zero-order chi connectivity index (χ0) is 12.5. The number of aliphatic hydroxyl groups is 1. The Hall–Kier alpha value is -0.650. The molecule has 0 saturated carbocycles. The summed E-state index contributed by atoms with van der Waals surface area (Å²) >= 11 is 0. The van der Waals surface area contributed by atoms with Crippen LogP contribution in [0.5, 0.6) is 0 Å². The van der Waals surface area contributed by atoms with E-state index in [-0.39, 0.29) is 11.9 Å². The molecule has 3 N–H and O–H groups in total. The Balaban J connectivity index is 1.99. The van der Waals surface area contributed by atoms with Gasteiger partial charge in [-0.05, 0) is 12.8 Å². The van der Waals surface area contributed by atoms with Crippen LogP contribution in [-0.2, 0) is 9.53 Å². The van der Waals surface area contributed by atoms with E-state index in [1.807, 2.05) is 0 Å². The lowest BCUT2D eigenvalue weighted by Crippen LogP contribution is -2.48. The predicted octanol–water partition coefficient (Wildman–Crippen LogP) is 0.0322. The Morgan fingerprint density at radius 1 is 1.65 bits per heavy atom. The van der Waals surface area contributed by atoms with E-state index in [2.05, 4.69) is 17.6 Å². The van der Waals surface area contributed by atoms with Gasteiger partial charge in [-0.2, -0.15) is 0 Å². The number of carbonyl (C=O) groups excluding carboxylic acids is 1. The standard InChI is InChI=1S/C12H24N2O3/c1-2-3-6-17-9-11(15)8-13-10-4-5-12(16)14-7-10/h10-11,13,15H,2-9H2,1H3,(H,14,16). The van der Waals surface area contributed by atoms with Crippen molar-refractivity contribution in [1.29, 1.82) is 0 Å². The van der Waals surface area contributed by atoms with Crippen LogP contribution in [0.3, 0.4) is 0 Å². The van der Waals surface area contributed by atoms with Gasteiger partial charge in [0.2, 0.25) is 5.91 Å². The SMILES string of the molecule is CCCCOCC(O)CNC1CCC(=O)NC1. The number of carbonyl (C=O) groups is 1. The van der Waals surface area contributed by atoms with Crippen molar-refractivity contribution < 1.29 is 14.6 Å². The molecule has 1 amide bonds. The predicted molar refractivity (Wildman–Crippen MR) is 65.8 cm³/mol. The first-order chi connectivity index (χ1) is 8.22. The molecule has 0 aliphatic carbocycles. The first kappa shape index (κ1) is 14.4. The van der Waals surface area contributed by atoms with Gasteiger partial charge in [-0.15, -0.1) is 0 Å². The van der Waals surface area contributed by atoms with Crippen LogP contribution in [0.1, 0.15) is 32.6 Å². The second kappa shape index (κ2) is 8.44. The average Bonchev–Trinajstić information content (AvgIpc) is 2.34. The molecule has 0 aromatic rings. The number of aliphatic hydroxyl groups excluding tert-OH is 1. The van der Waals surface area contributed by atoms with Crippen molar-refractivity contribution in [1.82, 2.24) is 10.6 Å². The first-order valence-electron chi connectivity index (χ1n) is 6.48. The second-order valence-electron chi connectivity index (χ2n) is 4.53. The lowest BCUT2D eigenvalue weighted by atomic mass is 10.1. The number of nitrogens with one attached hydrogen (secondary N) is 2. The number of hydrogen-bond acceptors (Lipinski definition) is 4. The summed E-state index contributed by atoms with van der Waals surface area (Å²) in [6.07, 6.45) is 3.09. The van der Waals surface area contributed by atoms with Crippen LogP contribution in [0.25, 0.3) is 0 Å². The summed E-state index contributed by atoms with van der Waals surface area (Å²) in [6.45, 7) is 4.38. The fourth-order valence-electron chi connectivity index (χ4n) is 1.73. The van der Waals surface area contributed by atoms with Crippen molar-refractivity contribution in [2.75, 3.05) is 26.3 Å². The third kappa shape index (κ3) is 6.61. The topological polar surface area (TPSA) is 70.6 Å². The monoisotopic (exact) mass is 244 g/mol. The summed E-state index contributed by atoms with van der Waals surface area (Å²) in [5.41, 5.74) is 0. The zero-order valence-electron chi connectivity index (χ0n) is 10.6. The lowest BCUT2D eigenvalue weighted by Gasteiger charge is -2.24. The highest BCUT2D eigenvalue weighted by Gasteiger charge is 2.18. The molecular formula is C12H24N2O3. The van der Waals surface area contributed by atoms with E-state index in [4.69, 9.17) is 4.74 Å². The highest BCUT2D eigenvalue weighted by molar-refractivity contribution is 5.76. The van der Waals surface area contributed by atoms with Crippen LogP contribution < -0.4 is 10.6 Å². The van der Waals surface area contributed by atoms with Gasteiger partial charge in [-0.25, -0.2) is 0 Å². The smallest absolute Gasteiger partial charge is 0.220 e.